The van der Waals surface area contributed by atoms with Crippen LogP contribution in [0.25, 0.3) is 0 Å². The molecule has 1 amide bonds. The second kappa shape index (κ2) is 6.89. The molecule has 22 heavy (non-hydrogen) atoms. The highest BCUT2D eigenvalue weighted by atomic mass is 35.5. The third kappa shape index (κ3) is 4.15. The number of alkyl halides is 2. The van der Waals surface area contributed by atoms with Crippen molar-refractivity contribution in [3.05, 3.63) is 18.2 Å². The highest BCUT2D eigenvalue weighted by Crippen LogP contribution is 2.42. The number of carbonyl (C=O) groups excluding carboxylic acids is 1. The molecule has 1 aromatic carbocycles. The van der Waals surface area contributed by atoms with E-state index >= 15 is 0 Å². The summed E-state index contributed by atoms with van der Waals surface area (Å²) in [5, 5.41) is 5.94. The number of nitrogens with one attached hydrogen (secondary N) is 2. The molecule has 2 aliphatic rings. The van der Waals surface area contributed by atoms with Crippen molar-refractivity contribution in [1.29, 1.82) is 0 Å². The van der Waals surface area contributed by atoms with Gasteiger partial charge in [-0.1, -0.05) is 0 Å². The van der Waals surface area contributed by atoms with Crippen LogP contribution in [-0.4, -0.2) is 36.3 Å². The van der Waals surface area contributed by atoms with Crippen molar-refractivity contribution in [2.75, 3.05) is 23.4 Å². The number of carbonyl (C=O) groups is 1. The number of benzene rings is 1. The van der Waals surface area contributed by atoms with Gasteiger partial charge in [0.05, 0.1) is 0 Å². The number of rotatable bonds is 3. The minimum atomic E-state index is -3.64. The summed E-state index contributed by atoms with van der Waals surface area (Å²) in [4.78, 5) is 11.9. The number of halogens is 3. The SMILES string of the molecule is Cl.O=C(CC1CSCCN1)Nc1ccc2c(c1)OC(F)(F)O2. The first-order chi connectivity index (χ1) is 10.0. The lowest BCUT2D eigenvalue weighted by Gasteiger charge is -2.22. The predicted molar refractivity (Wildman–Crippen MR) is 82.3 cm³/mol. The van der Waals surface area contributed by atoms with Crippen LogP contribution < -0.4 is 20.1 Å². The molecule has 1 saturated heterocycles. The number of thioether (sulfide) groups is 1. The zero-order chi connectivity index (χ0) is 14.9. The maximum absolute atomic E-state index is 12.9. The number of fused-ring (bicyclic) bond motifs is 1. The normalized spacial score (nSPS) is 21.8. The number of hydrogen-bond acceptors (Lipinski definition) is 5. The van der Waals surface area contributed by atoms with Crippen molar-refractivity contribution in [3.8, 4) is 11.5 Å². The molecule has 1 unspecified atom stereocenters. The Bertz CT molecular complexity index is 556. The number of ether oxygens (including phenoxy) is 2. The van der Waals surface area contributed by atoms with Crippen molar-refractivity contribution < 1.29 is 23.0 Å². The van der Waals surface area contributed by atoms with Gasteiger partial charge in [0.15, 0.2) is 11.5 Å². The fourth-order valence-corrected chi connectivity index (χ4v) is 3.16. The summed E-state index contributed by atoms with van der Waals surface area (Å²) in [6.45, 7) is 0.891. The molecule has 0 aliphatic carbocycles. The first-order valence-electron chi connectivity index (χ1n) is 6.53. The fourth-order valence-electron chi connectivity index (χ4n) is 2.21. The van der Waals surface area contributed by atoms with E-state index in [9.17, 15) is 13.6 Å². The number of amides is 1. The van der Waals surface area contributed by atoms with Crippen molar-refractivity contribution >= 4 is 35.8 Å². The van der Waals surface area contributed by atoms with Gasteiger partial charge in [0.1, 0.15) is 0 Å². The van der Waals surface area contributed by atoms with Gasteiger partial charge in [-0.25, -0.2) is 0 Å². The van der Waals surface area contributed by atoms with Crippen LogP contribution in [-0.2, 0) is 4.79 Å². The van der Waals surface area contributed by atoms with E-state index < -0.39 is 6.29 Å². The lowest BCUT2D eigenvalue weighted by molar-refractivity contribution is -0.286. The molecule has 1 aromatic rings. The van der Waals surface area contributed by atoms with Crippen molar-refractivity contribution in [2.45, 2.75) is 18.8 Å². The smallest absolute Gasteiger partial charge is 0.395 e. The third-order valence-electron chi connectivity index (χ3n) is 3.12. The van der Waals surface area contributed by atoms with Crippen LogP contribution in [0.1, 0.15) is 6.42 Å². The molecule has 1 fully saturated rings. The molecule has 2 aliphatic heterocycles. The summed E-state index contributed by atoms with van der Waals surface area (Å²) in [7, 11) is 0. The van der Waals surface area contributed by atoms with Crippen molar-refractivity contribution in [1.82, 2.24) is 5.32 Å². The lowest BCUT2D eigenvalue weighted by Crippen LogP contribution is -2.39. The zero-order valence-electron chi connectivity index (χ0n) is 11.4. The van der Waals surface area contributed by atoms with E-state index in [1.54, 1.807) is 11.8 Å². The van der Waals surface area contributed by atoms with Gasteiger partial charge in [0.2, 0.25) is 5.91 Å². The third-order valence-corrected chi connectivity index (χ3v) is 4.25. The Morgan fingerprint density at radius 2 is 2.18 bits per heavy atom. The van der Waals surface area contributed by atoms with E-state index in [4.69, 9.17) is 0 Å². The van der Waals surface area contributed by atoms with Crippen LogP contribution in [0.2, 0.25) is 0 Å². The highest BCUT2D eigenvalue weighted by molar-refractivity contribution is 7.99. The molecule has 1 atom stereocenters. The first kappa shape index (κ1) is 17.1. The molecular formula is C13H15ClF2N2O3S. The summed E-state index contributed by atoms with van der Waals surface area (Å²) < 4.78 is 34.4. The summed E-state index contributed by atoms with van der Waals surface area (Å²) in [6.07, 6.45) is -3.30. The molecule has 2 heterocycles. The molecule has 2 N–H and O–H groups in total. The number of hydrogen-bond donors (Lipinski definition) is 2. The zero-order valence-corrected chi connectivity index (χ0v) is 13.1. The molecule has 0 radical (unpaired) electrons. The molecule has 3 rings (SSSR count). The maximum atomic E-state index is 12.9. The van der Waals surface area contributed by atoms with E-state index in [0.29, 0.717) is 12.1 Å². The van der Waals surface area contributed by atoms with E-state index in [-0.39, 0.29) is 35.9 Å². The second-order valence-electron chi connectivity index (χ2n) is 4.81. The van der Waals surface area contributed by atoms with Gasteiger partial charge in [-0.15, -0.1) is 21.2 Å². The van der Waals surface area contributed by atoms with Gasteiger partial charge in [0, 0.05) is 42.3 Å². The lowest BCUT2D eigenvalue weighted by atomic mass is 10.2. The van der Waals surface area contributed by atoms with Gasteiger partial charge in [0.25, 0.3) is 0 Å². The molecule has 5 nitrogen and oxygen atoms in total. The quantitative estimate of drug-likeness (QED) is 0.875. The van der Waals surface area contributed by atoms with Gasteiger partial charge in [-0.05, 0) is 12.1 Å². The summed E-state index contributed by atoms with van der Waals surface area (Å²) >= 11 is 1.80. The summed E-state index contributed by atoms with van der Waals surface area (Å²) in [6, 6.07) is 4.32. The van der Waals surface area contributed by atoms with Crippen LogP contribution in [0, 0.1) is 0 Å². The van der Waals surface area contributed by atoms with Crippen molar-refractivity contribution in [3.63, 3.8) is 0 Å². The Kier molecular flexibility index (Phi) is 5.36. The average molecular weight is 353 g/mol. The van der Waals surface area contributed by atoms with Crippen LogP contribution >= 0.6 is 24.2 Å². The van der Waals surface area contributed by atoms with E-state index in [2.05, 4.69) is 20.1 Å². The Balaban J connectivity index is 0.00000176. The van der Waals surface area contributed by atoms with Gasteiger partial charge < -0.3 is 20.1 Å². The summed E-state index contributed by atoms with van der Waals surface area (Å²) in [5.74, 6) is 1.66. The Morgan fingerprint density at radius 3 is 2.91 bits per heavy atom. The van der Waals surface area contributed by atoms with Gasteiger partial charge in [-0.2, -0.15) is 11.8 Å². The predicted octanol–water partition coefficient (Wildman–Crippen LogP) is 2.46. The largest absolute Gasteiger partial charge is 0.586 e. The van der Waals surface area contributed by atoms with Crippen molar-refractivity contribution in [2.24, 2.45) is 0 Å². The molecule has 0 saturated carbocycles. The van der Waals surface area contributed by atoms with Crippen LogP contribution in [0.5, 0.6) is 11.5 Å². The standard InChI is InChI=1S/C13H14F2N2O3S.ClH/c14-13(15)19-10-2-1-8(5-11(10)20-13)17-12(18)6-9-7-21-4-3-16-9;/h1-2,5,9,16H,3-4,6-7H2,(H,17,18);1H. The maximum Gasteiger partial charge on any atom is 0.586 e. The summed E-state index contributed by atoms with van der Waals surface area (Å²) in [5.41, 5.74) is 0.406. The first-order valence-corrected chi connectivity index (χ1v) is 7.68. The molecule has 122 valence electrons. The van der Waals surface area contributed by atoms with Gasteiger partial charge in [-0.3, -0.25) is 4.79 Å². The van der Waals surface area contributed by atoms with E-state index in [0.717, 1.165) is 18.1 Å². The van der Waals surface area contributed by atoms with Crippen LogP contribution in [0.4, 0.5) is 14.5 Å². The van der Waals surface area contributed by atoms with Crippen LogP contribution in [0.15, 0.2) is 18.2 Å². The fraction of sp³-hybridized carbons (Fsp3) is 0.462. The molecule has 0 bridgehead atoms. The second-order valence-corrected chi connectivity index (χ2v) is 5.96. The minimum absolute atomic E-state index is 0. The Morgan fingerprint density at radius 1 is 1.41 bits per heavy atom. The molecule has 9 heteroatoms. The van der Waals surface area contributed by atoms with E-state index in [1.165, 1.54) is 18.2 Å². The Labute approximate surface area is 136 Å². The molecule has 0 aromatic heterocycles. The Hall–Kier alpha value is -1.25. The number of anilines is 1. The topological polar surface area (TPSA) is 59.6 Å². The highest BCUT2D eigenvalue weighted by Gasteiger charge is 2.43. The van der Waals surface area contributed by atoms with Crippen LogP contribution in [0.3, 0.4) is 0 Å². The average Bonchev–Trinajstić information content (AvgIpc) is 2.73. The molecular weight excluding hydrogens is 338 g/mol. The monoisotopic (exact) mass is 352 g/mol. The van der Waals surface area contributed by atoms with E-state index in [1.807, 2.05) is 0 Å². The minimum Gasteiger partial charge on any atom is -0.395 e. The van der Waals surface area contributed by atoms with Gasteiger partial charge >= 0.3 is 6.29 Å². The molecule has 0 spiro atoms.